The maximum absolute atomic E-state index is 12.6. The zero-order valence-electron chi connectivity index (χ0n) is 13.4. The summed E-state index contributed by atoms with van der Waals surface area (Å²) in [7, 11) is 1.88. The average molecular weight is 314 g/mol. The van der Waals surface area contributed by atoms with Gasteiger partial charge in [-0.25, -0.2) is 4.98 Å². The lowest BCUT2D eigenvalue weighted by Crippen LogP contribution is -2.50. The Morgan fingerprint density at radius 2 is 2.19 bits per heavy atom. The fraction of sp³-hybridized carbons (Fsp3) is 0.733. The zero-order valence-corrected chi connectivity index (χ0v) is 14.2. The molecule has 1 fully saturated rings. The molecule has 0 bridgehead atoms. The minimum absolute atomic E-state index is 0.152. The third-order valence-electron chi connectivity index (χ3n) is 4.01. The SMILES string of the molecule is Cn1c(CN2CCCC2(C)C(=O)OC(C)(C)C)cnc1Cl. The van der Waals surface area contributed by atoms with Crippen molar-refractivity contribution in [2.45, 2.75) is 58.2 Å². The Kier molecular flexibility index (Phi) is 4.36. The van der Waals surface area contributed by atoms with Crippen molar-refractivity contribution in [2.75, 3.05) is 6.54 Å². The van der Waals surface area contributed by atoms with Crippen molar-refractivity contribution in [3.63, 3.8) is 0 Å². The minimum atomic E-state index is -0.579. The molecule has 0 amide bonds. The van der Waals surface area contributed by atoms with Crippen LogP contribution in [0.25, 0.3) is 0 Å². The molecule has 1 aromatic heterocycles. The molecule has 1 unspecified atom stereocenters. The first-order chi connectivity index (χ1) is 9.63. The zero-order chi connectivity index (χ0) is 15.8. The molecule has 5 nitrogen and oxygen atoms in total. The average Bonchev–Trinajstić information content (AvgIpc) is 2.87. The predicted molar refractivity (Wildman–Crippen MR) is 82.1 cm³/mol. The quantitative estimate of drug-likeness (QED) is 0.805. The second-order valence-corrected chi connectivity index (χ2v) is 7.22. The lowest BCUT2D eigenvalue weighted by molar-refractivity contribution is -0.167. The molecule has 0 aromatic carbocycles. The number of esters is 1. The van der Waals surface area contributed by atoms with Crippen molar-refractivity contribution >= 4 is 17.6 Å². The van der Waals surface area contributed by atoms with Crippen molar-refractivity contribution in [1.29, 1.82) is 0 Å². The summed E-state index contributed by atoms with van der Waals surface area (Å²) in [6, 6.07) is 0. The van der Waals surface area contributed by atoms with Crippen LogP contribution in [-0.4, -0.2) is 38.1 Å². The lowest BCUT2D eigenvalue weighted by Gasteiger charge is -2.35. The Morgan fingerprint density at radius 1 is 1.52 bits per heavy atom. The van der Waals surface area contributed by atoms with E-state index >= 15 is 0 Å². The maximum Gasteiger partial charge on any atom is 0.326 e. The number of nitrogens with zero attached hydrogens (tertiary/aromatic N) is 3. The summed E-state index contributed by atoms with van der Waals surface area (Å²) in [6.45, 7) is 9.17. The highest BCUT2D eigenvalue weighted by molar-refractivity contribution is 6.28. The first kappa shape index (κ1) is 16.3. The van der Waals surface area contributed by atoms with Crippen LogP contribution in [0.4, 0.5) is 0 Å². The summed E-state index contributed by atoms with van der Waals surface area (Å²) in [4.78, 5) is 18.8. The number of carbonyl (C=O) groups excluding carboxylic acids is 1. The van der Waals surface area contributed by atoms with E-state index < -0.39 is 11.1 Å². The number of imidazole rings is 1. The molecule has 1 atom stereocenters. The lowest BCUT2D eigenvalue weighted by atomic mass is 9.98. The number of likely N-dealkylation sites (tertiary alicyclic amines) is 1. The number of ether oxygens (including phenoxy) is 1. The van der Waals surface area contributed by atoms with E-state index in [2.05, 4.69) is 9.88 Å². The van der Waals surface area contributed by atoms with Crippen molar-refractivity contribution in [3.05, 3.63) is 17.2 Å². The number of hydrogen-bond donors (Lipinski definition) is 0. The van der Waals surface area contributed by atoms with E-state index in [0.717, 1.165) is 25.1 Å². The second-order valence-electron chi connectivity index (χ2n) is 6.88. The van der Waals surface area contributed by atoms with Crippen LogP contribution in [0.5, 0.6) is 0 Å². The summed E-state index contributed by atoms with van der Waals surface area (Å²) < 4.78 is 7.44. The molecule has 1 aliphatic heterocycles. The highest BCUT2D eigenvalue weighted by atomic mass is 35.5. The van der Waals surface area contributed by atoms with E-state index in [4.69, 9.17) is 16.3 Å². The van der Waals surface area contributed by atoms with Crippen LogP contribution in [0.3, 0.4) is 0 Å². The number of carbonyl (C=O) groups is 1. The van der Waals surface area contributed by atoms with Crippen molar-refractivity contribution in [2.24, 2.45) is 7.05 Å². The second kappa shape index (κ2) is 5.61. The normalized spacial score (nSPS) is 23.5. The van der Waals surface area contributed by atoms with Gasteiger partial charge in [-0.1, -0.05) is 0 Å². The van der Waals surface area contributed by atoms with Crippen LogP contribution in [0.2, 0.25) is 5.28 Å². The first-order valence-electron chi connectivity index (χ1n) is 7.28. The third-order valence-corrected chi connectivity index (χ3v) is 4.36. The summed E-state index contributed by atoms with van der Waals surface area (Å²) in [5.74, 6) is -0.152. The largest absolute Gasteiger partial charge is 0.459 e. The smallest absolute Gasteiger partial charge is 0.326 e. The topological polar surface area (TPSA) is 47.4 Å². The molecule has 0 radical (unpaired) electrons. The Hall–Kier alpha value is -1.07. The molecule has 1 saturated heterocycles. The van der Waals surface area contributed by atoms with Gasteiger partial charge in [-0.15, -0.1) is 0 Å². The number of aromatic nitrogens is 2. The Bertz CT molecular complexity index is 536. The Labute approximate surface area is 131 Å². The molecule has 1 aromatic rings. The molecular weight excluding hydrogens is 290 g/mol. The van der Waals surface area contributed by atoms with Gasteiger partial charge >= 0.3 is 5.97 Å². The standard InChI is InChI=1S/C15H24ClN3O2/c1-14(2,3)21-12(20)15(4)7-6-8-19(15)10-11-9-17-13(16)18(11)5/h9H,6-8,10H2,1-5H3. The van der Waals surface area contributed by atoms with Gasteiger partial charge < -0.3 is 9.30 Å². The maximum atomic E-state index is 12.6. The van der Waals surface area contributed by atoms with Crippen LogP contribution in [0.15, 0.2) is 6.20 Å². The van der Waals surface area contributed by atoms with Crippen LogP contribution in [0, 0.1) is 0 Å². The summed E-state index contributed by atoms with van der Waals surface area (Å²) in [6.07, 6.45) is 3.56. The van der Waals surface area contributed by atoms with Gasteiger partial charge in [-0.3, -0.25) is 9.69 Å². The van der Waals surface area contributed by atoms with Crippen LogP contribution in [-0.2, 0) is 23.1 Å². The van der Waals surface area contributed by atoms with Gasteiger partial charge in [0.2, 0.25) is 5.28 Å². The van der Waals surface area contributed by atoms with Crippen molar-refractivity contribution in [1.82, 2.24) is 14.5 Å². The summed E-state index contributed by atoms with van der Waals surface area (Å²) in [5.41, 5.74) is -0.0505. The van der Waals surface area contributed by atoms with Gasteiger partial charge in [0.05, 0.1) is 11.9 Å². The third kappa shape index (κ3) is 3.40. The number of hydrogen-bond acceptors (Lipinski definition) is 4. The summed E-state index contributed by atoms with van der Waals surface area (Å²) in [5, 5.41) is 0.461. The molecule has 21 heavy (non-hydrogen) atoms. The highest BCUT2D eigenvalue weighted by Crippen LogP contribution is 2.33. The molecule has 0 spiro atoms. The first-order valence-corrected chi connectivity index (χ1v) is 7.66. The Balaban J connectivity index is 2.15. The van der Waals surface area contributed by atoms with E-state index in [1.807, 2.05) is 39.3 Å². The molecule has 0 saturated carbocycles. The van der Waals surface area contributed by atoms with Crippen LogP contribution >= 0.6 is 11.6 Å². The number of halogens is 1. The van der Waals surface area contributed by atoms with Gasteiger partial charge in [0.15, 0.2) is 0 Å². The van der Waals surface area contributed by atoms with Gasteiger partial charge in [-0.2, -0.15) is 0 Å². The van der Waals surface area contributed by atoms with Crippen molar-refractivity contribution < 1.29 is 9.53 Å². The molecule has 2 heterocycles. The molecule has 0 aliphatic carbocycles. The van der Waals surface area contributed by atoms with Crippen LogP contribution < -0.4 is 0 Å². The molecule has 118 valence electrons. The summed E-state index contributed by atoms with van der Waals surface area (Å²) >= 11 is 5.98. The fourth-order valence-corrected chi connectivity index (χ4v) is 2.81. The van der Waals surface area contributed by atoms with E-state index in [1.165, 1.54) is 0 Å². The molecular formula is C15H24ClN3O2. The molecule has 0 N–H and O–H groups in total. The van der Waals surface area contributed by atoms with Gasteiger partial charge in [0.1, 0.15) is 11.1 Å². The molecule has 2 rings (SSSR count). The predicted octanol–water partition coefficient (Wildman–Crippen LogP) is 2.77. The van der Waals surface area contributed by atoms with Crippen molar-refractivity contribution in [3.8, 4) is 0 Å². The monoisotopic (exact) mass is 313 g/mol. The van der Waals surface area contributed by atoms with Crippen LogP contribution in [0.1, 0.15) is 46.2 Å². The van der Waals surface area contributed by atoms with E-state index in [0.29, 0.717) is 11.8 Å². The van der Waals surface area contributed by atoms with Gasteiger partial charge in [-0.05, 0) is 58.7 Å². The minimum Gasteiger partial charge on any atom is -0.459 e. The fourth-order valence-electron chi connectivity index (χ4n) is 2.65. The van der Waals surface area contributed by atoms with Gasteiger partial charge in [0.25, 0.3) is 0 Å². The molecule has 1 aliphatic rings. The highest BCUT2D eigenvalue weighted by Gasteiger charge is 2.45. The Morgan fingerprint density at radius 3 is 2.71 bits per heavy atom. The molecule has 6 heteroatoms. The van der Waals surface area contributed by atoms with E-state index in [9.17, 15) is 4.79 Å². The number of rotatable bonds is 3. The van der Waals surface area contributed by atoms with E-state index in [1.54, 1.807) is 6.20 Å². The van der Waals surface area contributed by atoms with E-state index in [-0.39, 0.29) is 5.97 Å². The van der Waals surface area contributed by atoms with Gasteiger partial charge in [0, 0.05) is 13.6 Å².